The molecule has 0 aliphatic heterocycles. The number of likely N-dealkylation sites (N-methyl/N-ethyl adjacent to an activating group) is 1. The lowest BCUT2D eigenvalue weighted by molar-refractivity contribution is 0.505. The van der Waals surface area contributed by atoms with Crippen molar-refractivity contribution in [3.63, 3.8) is 0 Å². The molecule has 1 N–H and O–H groups in total. The maximum atomic E-state index is 4.45. The van der Waals surface area contributed by atoms with E-state index in [9.17, 15) is 0 Å². The van der Waals surface area contributed by atoms with Gasteiger partial charge in [0.1, 0.15) is 0 Å². The standard InChI is InChI=1S/C14H18N2S/c1-10-7-9-17-14(10)13(15-3)11(2)12-6-4-5-8-16-12/h4-9,11,13,15H,1-3H3. The molecule has 0 saturated heterocycles. The van der Waals surface area contributed by atoms with Crippen LogP contribution in [0.1, 0.15) is 35.0 Å². The highest BCUT2D eigenvalue weighted by molar-refractivity contribution is 7.10. The van der Waals surface area contributed by atoms with E-state index in [0.717, 1.165) is 5.69 Å². The number of nitrogens with one attached hydrogen (secondary N) is 1. The molecule has 2 unspecified atom stereocenters. The first kappa shape index (κ1) is 12.3. The number of thiophene rings is 1. The number of rotatable bonds is 4. The predicted octanol–water partition coefficient (Wildman–Crippen LogP) is 3.52. The van der Waals surface area contributed by atoms with Gasteiger partial charge in [0.05, 0.1) is 0 Å². The first-order valence-electron chi connectivity index (χ1n) is 5.86. The molecule has 2 nitrogen and oxygen atoms in total. The van der Waals surface area contributed by atoms with Crippen molar-refractivity contribution in [1.29, 1.82) is 0 Å². The van der Waals surface area contributed by atoms with E-state index in [1.54, 1.807) is 0 Å². The van der Waals surface area contributed by atoms with Crippen LogP contribution in [0, 0.1) is 6.92 Å². The summed E-state index contributed by atoms with van der Waals surface area (Å²) in [5.41, 5.74) is 2.50. The van der Waals surface area contributed by atoms with E-state index < -0.39 is 0 Å². The fraction of sp³-hybridized carbons (Fsp3) is 0.357. The van der Waals surface area contributed by atoms with E-state index in [2.05, 4.69) is 41.7 Å². The smallest absolute Gasteiger partial charge is 0.0497 e. The number of aryl methyl sites for hydroxylation is 1. The van der Waals surface area contributed by atoms with Crippen LogP contribution in [0.4, 0.5) is 0 Å². The van der Waals surface area contributed by atoms with Gasteiger partial charge in [0, 0.05) is 28.7 Å². The van der Waals surface area contributed by atoms with Crippen LogP contribution >= 0.6 is 11.3 Å². The molecule has 0 fully saturated rings. The van der Waals surface area contributed by atoms with E-state index in [1.165, 1.54) is 10.4 Å². The van der Waals surface area contributed by atoms with Crippen LogP contribution in [-0.2, 0) is 0 Å². The summed E-state index contributed by atoms with van der Waals surface area (Å²) in [7, 11) is 2.02. The summed E-state index contributed by atoms with van der Waals surface area (Å²) in [6.45, 7) is 4.39. The van der Waals surface area contributed by atoms with Gasteiger partial charge in [0.15, 0.2) is 0 Å². The number of hydrogen-bond donors (Lipinski definition) is 1. The van der Waals surface area contributed by atoms with E-state index in [4.69, 9.17) is 0 Å². The minimum absolute atomic E-state index is 0.338. The number of pyridine rings is 1. The Kier molecular flexibility index (Phi) is 3.92. The van der Waals surface area contributed by atoms with Crippen LogP contribution in [0.5, 0.6) is 0 Å². The van der Waals surface area contributed by atoms with Crippen LogP contribution < -0.4 is 5.32 Å². The third kappa shape index (κ3) is 2.56. The summed E-state index contributed by atoms with van der Waals surface area (Å²) in [5, 5.41) is 5.57. The molecule has 0 bridgehead atoms. The Morgan fingerprint density at radius 2 is 2.12 bits per heavy atom. The van der Waals surface area contributed by atoms with Gasteiger partial charge in [-0.1, -0.05) is 13.0 Å². The van der Waals surface area contributed by atoms with Crippen molar-refractivity contribution in [3.05, 3.63) is 52.0 Å². The molecule has 0 radical (unpaired) electrons. The van der Waals surface area contributed by atoms with Crippen molar-refractivity contribution in [2.75, 3.05) is 7.05 Å². The molecule has 2 atom stereocenters. The van der Waals surface area contributed by atoms with Gasteiger partial charge in [0.25, 0.3) is 0 Å². The van der Waals surface area contributed by atoms with Crippen molar-refractivity contribution >= 4 is 11.3 Å². The van der Waals surface area contributed by atoms with Crippen molar-refractivity contribution in [2.45, 2.75) is 25.8 Å². The number of nitrogens with zero attached hydrogens (tertiary/aromatic N) is 1. The second-order valence-electron chi connectivity index (χ2n) is 4.28. The summed E-state index contributed by atoms with van der Waals surface area (Å²) in [6, 6.07) is 8.62. The fourth-order valence-electron chi connectivity index (χ4n) is 2.13. The molecule has 0 spiro atoms. The average molecular weight is 246 g/mol. The van der Waals surface area contributed by atoms with Gasteiger partial charge in [0.2, 0.25) is 0 Å². The minimum atomic E-state index is 0.338. The van der Waals surface area contributed by atoms with Gasteiger partial charge >= 0.3 is 0 Å². The van der Waals surface area contributed by atoms with E-state index >= 15 is 0 Å². The van der Waals surface area contributed by atoms with Gasteiger partial charge in [-0.3, -0.25) is 4.98 Å². The zero-order valence-corrected chi connectivity index (χ0v) is 11.3. The molecule has 0 aliphatic carbocycles. The average Bonchev–Trinajstić information content (AvgIpc) is 2.78. The molecule has 2 aromatic heterocycles. The Balaban J connectivity index is 2.28. The van der Waals surface area contributed by atoms with Gasteiger partial charge in [-0.15, -0.1) is 11.3 Å². The minimum Gasteiger partial charge on any atom is -0.312 e. The predicted molar refractivity (Wildman–Crippen MR) is 73.5 cm³/mol. The topological polar surface area (TPSA) is 24.9 Å². The Hall–Kier alpha value is -1.19. The molecule has 2 aromatic rings. The second-order valence-corrected chi connectivity index (χ2v) is 5.23. The summed E-state index contributed by atoms with van der Waals surface area (Å²) < 4.78 is 0. The normalized spacial score (nSPS) is 14.5. The number of hydrogen-bond acceptors (Lipinski definition) is 3. The molecule has 17 heavy (non-hydrogen) atoms. The zero-order valence-electron chi connectivity index (χ0n) is 10.5. The molecular weight excluding hydrogens is 228 g/mol. The molecule has 2 rings (SSSR count). The van der Waals surface area contributed by atoms with E-state index in [0.29, 0.717) is 12.0 Å². The van der Waals surface area contributed by atoms with Crippen molar-refractivity contribution < 1.29 is 0 Å². The van der Waals surface area contributed by atoms with Crippen LogP contribution in [0.3, 0.4) is 0 Å². The highest BCUT2D eigenvalue weighted by Gasteiger charge is 2.22. The van der Waals surface area contributed by atoms with E-state index in [-0.39, 0.29) is 0 Å². The Bertz CT molecular complexity index is 464. The first-order chi connectivity index (χ1) is 8.24. The molecule has 0 aliphatic rings. The maximum absolute atomic E-state index is 4.45. The van der Waals surface area contributed by atoms with Crippen LogP contribution in [0.25, 0.3) is 0 Å². The number of aromatic nitrogens is 1. The molecule has 90 valence electrons. The molecule has 2 heterocycles. The zero-order chi connectivity index (χ0) is 12.3. The van der Waals surface area contributed by atoms with Gasteiger partial charge in [-0.25, -0.2) is 0 Å². The van der Waals surface area contributed by atoms with Crippen LogP contribution in [0.2, 0.25) is 0 Å². The SMILES string of the molecule is CNC(c1sccc1C)C(C)c1ccccn1. The van der Waals surface area contributed by atoms with Gasteiger partial charge < -0.3 is 5.32 Å². The molecule has 0 saturated carbocycles. The van der Waals surface area contributed by atoms with Crippen molar-refractivity contribution in [1.82, 2.24) is 10.3 Å². The highest BCUT2D eigenvalue weighted by Crippen LogP contribution is 2.33. The lowest BCUT2D eigenvalue weighted by atomic mass is 9.95. The summed E-state index contributed by atoms with van der Waals surface area (Å²) in [6.07, 6.45) is 1.86. The Labute approximate surface area is 107 Å². The lowest BCUT2D eigenvalue weighted by Crippen LogP contribution is -2.22. The molecular formula is C14H18N2S. The molecule has 0 aromatic carbocycles. The summed E-state index contributed by atoms with van der Waals surface area (Å²) in [5.74, 6) is 0.374. The van der Waals surface area contributed by atoms with Crippen LogP contribution in [-0.4, -0.2) is 12.0 Å². The molecule has 3 heteroatoms. The molecule has 0 amide bonds. The van der Waals surface area contributed by atoms with E-state index in [1.807, 2.05) is 36.7 Å². The van der Waals surface area contributed by atoms with Crippen LogP contribution in [0.15, 0.2) is 35.8 Å². The monoisotopic (exact) mass is 246 g/mol. The fourth-order valence-corrected chi connectivity index (χ4v) is 3.27. The summed E-state index contributed by atoms with van der Waals surface area (Å²) >= 11 is 1.81. The Morgan fingerprint density at radius 3 is 2.65 bits per heavy atom. The first-order valence-corrected chi connectivity index (χ1v) is 6.74. The third-order valence-electron chi connectivity index (χ3n) is 3.15. The Morgan fingerprint density at radius 1 is 1.29 bits per heavy atom. The van der Waals surface area contributed by atoms with Crippen molar-refractivity contribution in [2.24, 2.45) is 0 Å². The highest BCUT2D eigenvalue weighted by atomic mass is 32.1. The maximum Gasteiger partial charge on any atom is 0.0497 e. The van der Waals surface area contributed by atoms with Gasteiger partial charge in [-0.2, -0.15) is 0 Å². The summed E-state index contributed by atoms with van der Waals surface area (Å²) in [4.78, 5) is 5.86. The quantitative estimate of drug-likeness (QED) is 0.893. The lowest BCUT2D eigenvalue weighted by Gasteiger charge is -2.23. The largest absolute Gasteiger partial charge is 0.312 e. The van der Waals surface area contributed by atoms with Crippen molar-refractivity contribution in [3.8, 4) is 0 Å². The second kappa shape index (κ2) is 5.43. The third-order valence-corrected chi connectivity index (χ3v) is 4.25. The van der Waals surface area contributed by atoms with Gasteiger partial charge in [-0.05, 0) is 43.1 Å².